The largest absolute Gasteiger partial charge is 0.355 e. The fraction of sp³-hybridized carbons (Fsp3) is 0.321. The van der Waals surface area contributed by atoms with E-state index in [9.17, 15) is 9.59 Å². The molecule has 206 valence electrons. The molecule has 0 spiro atoms. The molecule has 2 aromatic carbocycles. The maximum atomic E-state index is 12.1. The number of aromatic nitrogens is 4. The molecule has 40 heavy (non-hydrogen) atoms. The number of anilines is 2. The second-order valence-electron chi connectivity index (χ2n) is 10.4. The van der Waals surface area contributed by atoms with Crippen molar-refractivity contribution in [3.63, 3.8) is 0 Å². The summed E-state index contributed by atoms with van der Waals surface area (Å²) in [6, 6.07) is 13.0. The third-order valence-corrected chi connectivity index (χ3v) is 8.50. The summed E-state index contributed by atoms with van der Waals surface area (Å²) in [5.41, 5.74) is 4.50. The fourth-order valence-electron chi connectivity index (χ4n) is 5.15. The van der Waals surface area contributed by atoms with Gasteiger partial charge in [-0.25, -0.2) is 14.8 Å². The van der Waals surface area contributed by atoms with Gasteiger partial charge in [-0.3, -0.25) is 20.1 Å². The number of urea groups is 1. The van der Waals surface area contributed by atoms with Crippen LogP contribution in [0.5, 0.6) is 0 Å². The van der Waals surface area contributed by atoms with Crippen molar-refractivity contribution >= 4 is 57.8 Å². The number of piperidine rings is 1. The van der Waals surface area contributed by atoms with Gasteiger partial charge in [-0.2, -0.15) is 5.10 Å². The number of halogens is 2. The first kappa shape index (κ1) is 26.5. The van der Waals surface area contributed by atoms with Crippen molar-refractivity contribution < 1.29 is 9.59 Å². The molecule has 2 aromatic heterocycles. The van der Waals surface area contributed by atoms with Gasteiger partial charge in [0.15, 0.2) is 0 Å². The summed E-state index contributed by atoms with van der Waals surface area (Å²) < 4.78 is 0. The van der Waals surface area contributed by atoms with E-state index in [4.69, 9.17) is 28.2 Å². The van der Waals surface area contributed by atoms with Crippen LogP contribution < -0.4 is 20.4 Å². The predicted octanol–water partition coefficient (Wildman–Crippen LogP) is 4.92. The Kier molecular flexibility index (Phi) is 7.07. The Morgan fingerprint density at radius 1 is 1.05 bits per heavy atom. The van der Waals surface area contributed by atoms with Crippen LogP contribution in [0.25, 0.3) is 22.4 Å². The van der Waals surface area contributed by atoms with Crippen LogP contribution in [-0.4, -0.2) is 57.3 Å². The molecule has 2 aliphatic rings. The number of nitrogens with zero attached hydrogens (tertiary/aromatic N) is 5. The van der Waals surface area contributed by atoms with Gasteiger partial charge in [0.05, 0.1) is 21.9 Å². The molecule has 2 fully saturated rings. The Labute approximate surface area is 241 Å². The van der Waals surface area contributed by atoms with Crippen molar-refractivity contribution in [1.29, 1.82) is 0 Å². The van der Waals surface area contributed by atoms with Crippen molar-refractivity contribution in [2.24, 2.45) is 0 Å². The minimum Gasteiger partial charge on any atom is -0.355 e. The standard InChI is InChI=1S/C28H28Cl2N8O2/c1-28(32-15-17-5-7-18(8-6-17)38-12-9-22(39)34-27(38)40)10-13-37(14-11-28)21-16-31-25-24(35-36-26(25)33-21)19-3-2-4-20(29)23(19)30/h2-8,16,32H,9-15H2,1H3,(H,33,35,36)(H,34,39,40). The van der Waals surface area contributed by atoms with Crippen LogP contribution in [0.15, 0.2) is 48.7 Å². The van der Waals surface area contributed by atoms with Gasteiger partial charge in [0.2, 0.25) is 11.6 Å². The van der Waals surface area contributed by atoms with E-state index in [1.807, 2.05) is 36.4 Å². The van der Waals surface area contributed by atoms with E-state index < -0.39 is 0 Å². The molecule has 0 radical (unpaired) electrons. The average Bonchev–Trinajstić information content (AvgIpc) is 3.37. The second-order valence-corrected chi connectivity index (χ2v) is 11.2. The Morgan fingerprint density at radius 2 is 1.82 bits per heavy atom. The van der Waals surface area contributed by atoms with Crippen molar-refractivity contribution in [2.75, 3.05) is 29.4 Å². The molecule has 0 unspecified atom stereocenters. The van der Waals surface area contributed by atoms with Gasteiger partial charge in [-0.15, -0.1) is 0 Å². The molecule has 2 aliphatic heterocycles. The Morgan fingerprint density at radius 3 is 2.58 bits per heavy atom. The molecule has 10 nitrogen and oxygen atoms in total. The highest BCUT2D eigenvalue weighted by molar-refractivity contribution is 6.43. The smallest absolute Gasteiger partial charge is 0.328 e. The molecule has 3 N–H and O–H groups in total. The number of hydrogen-bond acceptors (Lipinski definition) is 7. The summed E-state index contributed by atoms with van der Waals surface area (Å²) >= 11 is 12.6. The maximum absolute atomic E-state index is 12.1. The van der Waals surface area contributed by atoms with Gasteiger partial charge in [0.1, 0.15) is 11.3 Å². The van der Waals surface area contributed by atoms with Gasteiger partial charge in [0.25, 0.3) is 0 Å². The maximum Gasteiger partial charge on any atom is 0.328 e. The van der Waals surface area contributed by atoms with E-state index in [0.29, 0.717) is 39.9 Å². The van der Waals surface area contributed by atoms with Crippen LogP contribution in [-0.2, 0) is 11.3 Å². The number of nitrogens with one attached hydrogen (secondary N) is 3. The normalized spacial score (nSPS) is 17.4. The third kappa shape index (κ3) is 5.22. The van der Waals surface area contributed by atoms with Gasteiger partial charge in [0, 0.05) is 49.4 Å². The molecule has 4 heterocycles. The molecule has 2 saturated heterocycles. The zero-order chi connectivity index (χ0) is 27.9. The van der Waals surface area contributed by atoms with E-state index in [1.54, 1.807) is 17.2 Å². The van der Waals surface area contributed by atoms with Crippen LogP contribution in [0.1, 0.15) is 31.7 Å². The summed E-state index contributed by atoms with van der Waals surface area (Å²) in [4.78, 5) is 36.8. The fourth-order valence-corrected chi connectivity index (χ4v) is 5.54. The lowest BCUT2D eigenvalue weighted by molar-refractivity contribution is -0.120. The number of carbonyl (C=O) groups is 2. The molecular weight excluding hydrogens is 551 g/mol. The minimum atomic E-state index is -0.372. The van der Waals surface area contributed by atoms with E-state index in [1.165, 1.54) is 0 Å². The second kappa shape index (κ2) is 10.7. The van der Waals surface area contributed by atoms with E-state index in [0.717, 1.165) is 55.1 Å². The summed E-state index contributed by atoms with van der Waals surface area (Å²) in [6.07, 6.45) is 3.98. The first-order valence-electron chi connectivity index (χ1n) is 13.2. The molecule has 0 atom stereocenters. The van der Waals surface area contributed by atoms with Crippen molar-refractivity contribution in [3.05, 3.63) is 64.3 Å². The highest BCUT2D eigenvalue weighted by atomic mass is 35.5. The first-order chi connectivity index (χ1) is 19.3. The highest BCUT2D eigenvalue weighted by Gasteiger charge is 2.31. The summed E-state index contributed by atoms with van der Waals surface area (Å²) in [5.74, 6) is 0.562. The average molecular weight is 579 g/mol. The summed E-state index contributed by atoms with van der Waals surface area (Å²) in [7, 11) is 0. The SMILES string of the molecule is CC1(NCc2ccc(N3CCC(=O)NC3=O)cc2)CCN(c2cnc3c(-c4cccc(Cl)c4Cl)[nH]nc3n2)CC1. The number of rotatable bonds is 6. The number of hydrogen-bond donors (Lipinski definition) is 3. The molecule has 0 aliphatic carbocycles. The first-order valence-corrected chi connectivity index (χ1v) is 13.9. The quantitative estimate of drug-likeness (QED) is 0.297. The lowest BCUT2D eigenvalue weighted by atomic mass is 9.89. The van der Waals surface area contributed by atoms with Crippen molar-refractivity contribution in [1.82, 2.24) is 30.8 Å². The number of H-pyrrole nitrogens is 1. The molecule has 0 saturated carbocycles. The lowest BCUT2D eigenvalue weighted by Crippen LogP contribution is -2.51. The summed E-state index contributed by atoms with van der Waals surface area (Å²) in [6.45, 7) is 5.03. The van der Waals surface area contributed by atoms with Crippen LogP contribution >= 0.6 is 23.2 Å². The topological polar surface area (TPSA) is 119 Å². The number of fused-ring (bicyclic) bond motifs is 1. The van der Waals surface area contributed by atoms with Gasteiger partial charge < -0.3 is 10.2 Å². The van der Waals surface area contributed by atoms with Crippen LogP contribution in [0, 0.1) is 0 Å². The van der Waals surface area contributed by atoms with E-state index >= 15 is 0 Å². The Balaban J connectivity index is 1.07. The highest BCUT2D eigenvalue weighted by Crippen LogP contribution is 2.35. The monoisotopic (exact) mass is 578 g/mol. The van der Waals surface area contributed by atoms with Crippen LogP contribution in [0.3, 0.4) is 0 Å². The number of benzene rings is 2. The minimum absolute atomic E-state index is 0.0251. The predicted molar refractivity (Wildman–Crippen MR) is 156 cm³/mol. The Hall–Kier alpha value is -3.73. The number of imide groups is 1. The molecule has 6 rings (SSSR count). The van der Waals surface area contributed by atoms with Crippen molar-refractivity contribution in [3.8, 4) is 11.3 Å². The van der Waals surface area contributed by atoms with Crippen LogP contribution in [0.4, 0.5) is 16.3 Å². The van der Waals surface area contributed by atoms with Crippen molar-refractivity contribution in [2.45, 2.75) is 38.3 Å². The van der Waals surface area contributed by atoms with E-state index in [2.05, 4.69) is 37.6 Å². The third-order valence-electron chi connectivity index (χ3n) is 7.68. The summed E-state index contributed by atoms with van der Waals surface area (Å²) in [5, 5.41) is 14.4. The molecule has 3 amide bonds. The zero-order valence-corrected chi connectivity index (χ0v) is 23.4. The number of aromatic amines is 1. The van der Waals surface area contributed by atoms with Gasteiger partial charge >= 0.3 is 6.03 Å². The number of carbonyl (C=O) groups excluding carboxylic acids is 2. The van der Waals surface area contributed by atoms with Gasteiger partial charge in [-0.05, 0) is 43.5 Å². The van der Waals surface area contributed by atoms with E-state index in [-0.39, 0.29) is 17.5 Å². The molecular formula is C28H28Cl2N8O2. The zero-order valence-electron chi connectivity index (χ0n) is 21.9. The number of amides is 3. The Bertz CT molecular complexity index is 1580. The van der Waals surface area contributed by atoms with Gasteiger partial charge in [-0.1, -0.05) is 47.5 Å². The molecule has 4 aromatic rings. The van der Waals surface area contributed by atoms with Crippen LogP contribution in [0.2, 0.25) is 10.0 Å². The lowest BCUT2D eigenvalue weighted by Gasteiger charge is -2.40. The molecule has 12 heteroatoms. The molecule has 0 bridgehead atoms.